The van der Waals surface area contributed by atoms with Crippen LogP contribution >= 0.6 is 11.3 Å². The Morgan fingerprint density at radius 1 is 0.929 bits per heavy atom. The third-order valence-electron chi connectivity index (χ3n) is 18.7. The standard InChI is InChI=1S/C63H73FN12O8S/c1-7-37-9-8-10-40-19-45(77)20-47(53(37)40)55-54(64)56-48(23-65-55)58(73-24-41-15-16-42(25-73)68-41)70-61(69-56)82-27-43-17-18-44(72(43)6)28-83-62(81)75-31-63(32-75)29-74(30-63)51-22-50(84-71-51)52(34(2)3)60(80)76-26-46(78)21-49(76)59(79)67-35(4)38-11-13-39(14-12-38)57-36(5)66-33-85-57/h8-14,19-20,22-23,33-35,41-44,46,49,52,68,77-78H,7,15-18,21,24-32H2,1-6H3,(H,67,79)/t35-,41?,42?,43-,44-,46+,49-,52+/m0/s1. The number of aromatic hydroxyl groups is 1. The van der Waals surface area contributed by atoms with Crippen LogP contribution in [0.15, 0.2) is 76.9 Å². The molecule has 10 heterocycles. The molecular weight excluding hydrogens is 1100 g/mol. The highest BCUT2D eigenvalue weighted by Crippen LogP contribution is 2.44. The molecule has 2 unspecified atom stereocenters. The zero-order valence-electron chi connectivity index (χ0n) is 48.8. The lowest BCUT2D eigenvalue weighted by molar-refractivity contribution is -0.141. The van der Waals surface area contributed by atoms with Crippen molar-refractivity contribution in [1.29, 1.82) is 0 Å². The molecule has 7 aromatic rings. The Morgan fingerprint density at radius 3 is 2.40 bits per heavy atom. The fraction of sp³-hybridized carbons (Fsp3) is 0.492. The highest BCUT2D eigenvalue weighted by atomic mass is 32.1. The first-order valence-electron chi connectivity index (χ1n) is 29.9. The molecule has 4 aromatic heterocycles. The molecule has 8 atom stereocenters. The first-order chi connectivity index (χ1) is 41.0. The number of anilines is 2. The fourth-order valence-electron chi connectivity index (χ4n) is 14.1. The number of nitrogens with zero attached hydrogens (tertiary/aromatic N) is 10. The summed E-state index contributed by atoms with van der Waals surface area (Å²) in [6.45, 7) is 14.1. The number of ether oxygens (including phenoxy) is 2. The third kappa shape index (κ3) is 10.8. The normalized spacial score (nSPS) is 23.4. The smallest absolute Gasteiger partial charge is 0.409 e. The Labute approximate surface area is 496 Å². The van der Waals surface area contributed by atoms with Crippen molar-refractivity contribution in [2.24, 2.45) is 11.3 Å². The van der Waals surface area contributed by atoms with E-state index >= 15 is 4.39 Å². The van der Waals surface area contributed by atoms with E-state index in [1.807, 2.05) is 89.6 Å². The topological polar surface area (TPSA) is 228 Å². The van der Waals surface area contributed by atoms with Gasteiger partial charge >= 0.3 is 12.1 Å². The second-order valence-electron chi connectivity index (χ2n) is 24.9. The maximum Gasteiger partial charge on any atom is 0.409 e. The minimum atomic E-state index is -0.852. The number of phenolic OH excluding ortho intramolecular Hbond substituents is 1. The maximum absolute atomic E-state index is 17.2. The number of benzene rings is 3. The molecule has 3 amide bonds. The Morgan fingerprint density at radius 2 is 1.68 bits per heavy atom. The van der Waals surface area contributed by atoms with E-state index in [0.717, 1.165) is 63.7 Å². The van der Waals surface area contributed by atoms with E-state index in [0.29, 0.717) is 86.1 Å². The van der Waals surface area contributed by atoms with Gasteiger partial charge in [0.15, 0.2) is 17.4 Å². The Bertz CT molecular complexity index is 3670. The van der Waals surface area contributed by atoms with Gasteiger partial charge in [-0.3, -0.25) is 19.5 Å². The van der Waals surface area contributed by atoms with Crippen LogP contribution in [0.4, 0.5) is 20.8 Å². The van der Waals surface area contributed by atoms with Crippen LogP contribution in [0.2, 0.25) is 0 Å². The van der Waals surface area contributed by atoms with Crippen LogP contribution in [0, 0.1) is 24.1 Å². The fourth-order valence-corrected chi connectivity index (χ4v) is 14.9. The van der Waals surface area contributed by atoms with E-state index in [4.69, 9.17) is 28.9 Å². The molecule has 6 aliphatic heterocycles. The summed E-state index contributed by atoms with van der Waals surface area (Å²) in [5.41, 5.74) is 6.37. The van der Waals surface area contributed by atoms with E-state index < -0.39 is 23.9 Å². The lowest BCUT2D eigenvalue weighted by Crippen LogP contribution is -2.73. The van der Waals surface area contributed by atoms with Gasteiger partial charge in [0.05, 0.1) is 33.6 Å². The minimum Gasteiger partial charge on any atom is -0.508 e. The number of aliphatic hydroxyl groups excluding tert-OH is 1. The number of piperazine rings is 1. The highest BCUT2D eigenvalue weighted by molar-refractivity contribution is 7.13. The average molecular weight is 1180 g/mol. The number of aryl methyl sites for hydroxylation is 2. The summed E-state index contributed by atoms with van der Waals surface area (Å²) in [5.74, 6) is -0.559. The lowest BCUT2D eigenvalue weighted by atomic mass is 9.73. The van der Waals surface area contributed by atoms with Crippen molar-refractivity contribution in [3.8, 4) is 33.5 Å². The quantitative estimate of drug-likeness (QED) is 0.0719. The largest absolute Gasteiger partial charge is 0.508 e. The van der Waals surface area contributed by atoms with Crippen LogP contribution in [0.25, 0.3) is 43.4 Å². The molecule has 6 saturated heterocycles. The highest BCUT2D eigenvalue weighted by Gasteiger charge is 2.55. The van der Waals surface area contributed by atoms with Crippen LogP contribution in [0.5, 0.6) is 11.8 Å². The summed E-state index contributed by atoms with van der Waals surface area (Å²) >= 11 is 1.58. The molecule has 22 heteroatoms. The van der Waals surface area contributed by atoms with Crippen LogP contribution in [0.3, 0.4) is 0 Å². The SMILES string of the molecule is CCc1cccc2cc(O)cc(-c3ncc4c(N5CC6CCC(C5)N6)nc(OC[C@@H]5CC[C@@H](COC(=O)N6CC7(C6)CN(c6cc([C@H](C(=O)N8C[C@H](O)C[C@H]8C(=O)N[C@@H](C)c8ccc(-c9scnc9C)cc8)C(C)C)on6)C7)N5C)nc4c3F)c12. The van der Waals surface area contributed by atoms with Gasteiger partial charge in [-0.25, -0.2) is 14.2 Å². The van der Waals surface area contributed by atoms with Crippen LogP contribution in [-0.4, -0.2) is 170 Å². The molecule has 4 N–H and O–H groups in total. The Hall–Kier alpha value is -7.53. The number of hydrogen-bond acceptors (Lipinski definition) is 18. The second kappa shape index (κ2) is 22.7. The van der Waals surface area contributed by atoms with Gasteiger partial charge in [0, 0.05) is 99.6 Å². The number of hydrogen-bond donors (Lipinski definition) is 4. The Balaban J connectivity index is 0.604. The van der Waals surface area contributed by atoms with Gasteiger partial charge in [0.1, 0.15) is 48.0 Å². The van der Waals surface area contributed by atoms with Crippen molar-refractivity contribution in [1.82, 2.24) is 50.4 Å². The van der Waals surface area contributed by atoms with Crippen molar-refractivity contribution >= 4 is 62.6 Å². The number of β-amino-alcohol motifs (C(OH)–C–C–N with tert-alkyl or cyclic N) is 1. The molecule has 6 fully saturated rings. The molecule has 13 rings (SSSR count). The van der Waals surface area contributed by atoms with E-state index in [-0.39, 0.29) is 96.5 Å². The van der Waals surface area contributed by atoms with Gasteiger partial charge in [0.25, 0.3) is 0 Å². The van der Waals surface area contributed by atoms with Crippen molar-refractivity contribution in [3.63, 3.8) is 0 Å². The lowest BCUT2D eigenvalue weighted by Gasteiger charge is -2.59. The summed E-state index contributed by atoms with van der Waals surface area (Å²) < 4.78 is 35.5. The number of aliphatic hydroxyl groups is 1. The predicted octanol–water partition coefficient (Wildman–Crippen LogP) is 7.99. The third-order valence-corrected chi connectivity index (χ3v) is 19.7. The second-order valence-corrected chi connectivity index (χ2v) is 25.7. The Kier molecular flexibility index (Phi) is 15.1. The summed E-state index contributed by atoms with van der Waals surface area (Å²) in [5, 5.41) is 34.9. The van der Waals surface area contributed by atoms with E-state index in [1.54, 1.807) is 40.6 Å². The van der Waals surface area contributed by atoms with Gasteiger partial charge in [-0.2, -0.15) is 9.97 Å². The zero-order chi connectivity index (χ0) is 59.0. The molecule has 2 bridgehead atoms. The number of carbonyl (C=O) groups excluding carboxylic acids is 3. The summed E-state index contributed by atoms with van der Waals surface area (Å²) in [6.07, 6.45) is 4.98. The van der Waals surface area contributed by atoms with Gasteiger partial charge < -0.3 is 54.4 Å². The summed E-state index contributed by atoms with van der Waals surface area (Å²) in [4.78, 5) is 71.3. The summed E-state index contributed by atoms with van der Waals surface area (Å²) in [7, 11) is 2.00. The maximum atomic E-state index is 17.2. The molecule has 0 radical (unpaired) electrons. The van der Waals surface area contributed by atoms with E-state index in [9.17, 15) is 24.6 Å². The number of rotatable bonds is 16. The zero-order valence-corrected chi connectivity index (χ0v) is 49.6. The van der Waals surface area contributed by atoms with Crippen LogP contribution in [0.1, 0.15) is 94.3 Å². The van der Waals surface area contributed by atoms with E-state index in [2.05, 4.69) is 35.5 Å². The molecule has 85 heavy (non-hydrogen) atoms. The van der Waals surface area contributed by atoms with Crippen molar-refractivity contribution in [2.75, 3.05) is 75.9 Å². The molecule has 1 spiro atoms. The number of halogens is 1. The van der Waals surface area contributed by atoms with Gasteiger partial charge in [-0.15, -0.1) is 11.3 Å². The van der Waals surface area contributed by atoms with Crippen molar-refractivity contribution in [2.45, 2.75) is 121 Å². The molecule has 0 saturated carbocycles. The van der Waals surface area contributed by atoms with Gasteiger partial charge in [-0.05, 0) is 98.5 Å². The number of phenols is 1. The number of likely N-dealkylation sites (tertiary alicyclic amines) is 3. The number of aromatic nitrogens is 5. The van der Waals surface area contributed by atoms with Crippen LogP contribution < -0.4 is 25.2 Å². The number of nitrogens with one attached hydrogen (secondary N) is 2. The minimum absolute atomic E-state index is 0.0200. The molecule has 446 valence electrons. The number of fused-ring (bicyclic) bond motifs is 4. The number of amides is 3. The van der Waals surface area contributed by atoms with E-state index in [1.165, 1.54) is 4.90 Å². The number of pyridine rings is 1. The first kappa shape index (κ1) is 56.6. The summed E-state index contributed by atoms with van der Waals surface area (Å²) in [6, 6.07) is 18.3. The van der Waals surface area contributed by atoms with Crippen LogP contribution in [-0.2, 0) is 20.7 Å². The van der Waals surface area contributed by atoms with Crippen molar-refractivity contribution < 1.29 is 43.0 Å². The molecule has 20 nitrogen and oxygen atoms in total. The molecule has 3 aromatic carbocycles. The number of thiazole rings is 1. The number of carbonyl (C=O) groups is 3. The number of likely N-dealkylation sites (N-methyl/N-ethyl adjacent to an activating group) is 1. The van der Waals surface area contributed by atoms with Gasteiger partial charge in [-0.1, -0.05) is 68.4 Å². The molecule has 0 aliphatic carbocycles. The molecular formula is C63H73FN12O8S. The first-order valence-corrected chi connectivity index (χ1v) is 30.8. The predicted molar refractivity (Wildman–Crippen MR) is 320 cm³/mol. The molecule has 6 aliphatic rings. The van der Waals surface area contributed by atoms with Gasteiger partial charge in [0.2, 0.25) is 11.8 Å². The average Bonchev–Trinajstić information content (AvgIpc) is 1.33. The monoisotopic (exact) mass is 1180 g/mol. The van der Waals surface area contributed by atoms with Crippen molar-refractivity contribution in [3.05, 3.63) is 101 Å².